The summed E-state index contributed by atoms with van der Waals surface area (Å²) in [4.78, 5) is 21.5. The highest BCUT2D eigenvalue weighted by atomic mass is 16.6. The molecule has 18 heavy (non-hydrogen) atoms. The van der Waals surface area contributed by atoms with Crippen LogP contribution < -0.4 is 0 Å². The molecule has 0 bridgehead atoms. The summed E-state index contributed by atoms with van der Waals surface area (Å²) in [5.41, 5.74) is -0.593. The van der Waals surface area contributed by atoms with Gasteiger partial charge in [-0.25, -0.2) is 0 Å². The fraction of sp³-hybridized carbons (Fsp3) is 0.417. The van der Waals surface area contributed by atoms with Crippen LogP contribution in [-0.2, 0) is 16.0 Å². The number of nitrogens with zero attached hydrogens (tertiary/aromatic N) is 1. The molecule has 1 N–H and O–H groups in total. The van der Waals surface area contributed by atoms with Crippen molar-refractivity contribution in [3.8, 4) is 5.75 Å². The number of nitro groups is 1. The molecule has 6 nitrogen and oxygen atoms in total. The minimum absolute atomic E-state index is 0.0710. The quantitative estimate of drug-likeness (QED) is 0.506. The molecule has 0 heterocycles. The van der Waals surface area contributed by atoms with E-state index < -0.39 is 27.9 Å². The first-order valence-electron chi connectivity index (χ1n) is 5.37. The number of nitro benzene ring substituents is 1. The summed E-state index contributed by atoms with van der Waals surface area (Å²) in [5.74, 6) is -0.893. The van der Waals surface area contributed by atoms with Crippen LogP contribution in [0, 0.1) is 10.1 Å². The number of carbonyl (C=O) groups excluding carboxylic acids is 1. The number of carbonyl (C=O) groups is 1. The van der Waals surface area contributed by atoms with Crippen molar-refractivity contribution in [2.75, 3.05) is 0 Å². The van der Waals surface area contributed by atoms with E-state index in [1.807, 2.05) is 0 Å². The number of aromatic hydroxyl groups is 1. The van der Waals surface area contributed by atoms with Crippen LogP contribution >= 0.6 is 0 Å². The molecule has 0 atom stereocenters. The molecule has 98 valence electrons. The van der Waals surface area contributed by atoms with Crippen molar-refractivity contribution in [2.45, 2.75) is 32.8 Å². The third kappa shape index (κ3) is 4.04. The molecule has 0 aliphatic heterocycles. The number of phenolic OH excluding ortho intramolecular Hbond substituents is 1. The lowest BCUT2D eigenvalue weighted by Gasteiger charge is -2.19. The van der Waals surface area contributed by atoms with Crippen molar-refractivity contribution in [3.63, 3.8) is 0 Å². The number of benzene rings is 1. The van der Waals surface area contributed by atoms with Crippen LogP contribution in [0.25, 0.3) is 0 Å². The lowest BCUT2D eigenvalue weighted by molar-refractivity contribution is -0.385. The summed E-state index contributed by atoms with van der Waals surface area (Å²) in [6.07, 6.45) is -0.0710. The lowest BCUT2D eigenvalue weighted by atomic mass is 10.1. The van der Waals surface area contributed by atoms with Gasteiger partial charge in [-0.15, -0.1) is 0 Å². The number of hydrogen-bond acceptors (Lipinski definition) is 5. The Morgan fingerprint density at radius 3 is 2.56 bits per heavy atom. The Kier molecular flexibility index (Phi) is 3.90. The van der Waals surface area contributed by atoms with Gasteiger partial charge in [0.1, 0.15) is 5.60 Å². The van der Waals surface area contributed by atoms with Crippen molar-refractivity contribution >= 4 is 11.7 Å². The first kappa shape index (κ1) is 14.0. The maximum Gasteiger partial charge on any atom is 0.310 e. The van der Waals surface area contributed by atoms with Gasteiger partial charge in [0.2, 0.25) is 0 Å². The van der Waals surface area contributed by atoms with E-state index in [0.717, 1.165) is 0 Å². The van der Waals surface area contributed by atoms with E-state index in [1.165, 1.54) is 18.2 Å². The van der Waals surface area contributed by atoms with E-state index in [4.69, 9.17) is 4.74 Å². The van der Waals surface area contributed by atoms with E-state index in [1.54, 1.807) is 20.8 Å². The van der Waals surface area contributed by atoms with Gasteiger partial charge in [0, 0.05) is 6.07 Å². The molecule has 1 aromatic rings. The minimum atomic E-state index is -0.700. The molecule has 0 unspecified atom stereocenters. The highest BCUT2D eigenvalue weighted by Crippen LogP contribution is 2.26. The van der Waals surface area contributed by atoms with Gasteiger partial charge in [0.25, 0.3) is 0 Å². The van der Waals surface area contributed by atoms with Gasteiger partial charge in [-0.2, -0.15) is 0 Å². The van der Waals surface area contributed by atoms with Gasteiger partial charge in [-0.05, 0) is 32.4 Å². The average molecular weight is 253 g/mol. The zero-order valence-corrected chi connectivity index (χ0v) is 10.5. The largest absolute Gasteiger partial charge is 0.502 e. The normalized spacial score (nSPS) is 11.1. The molecule has 0 saturated heterocycles. The fourth-order valence-corrected chi connectivity index (χ4v) is 1.37. The third-order valence-electron chi connectivity index (χ3n) is 2.01. The second-order valence-electron chi connectivity index (χ2n) is 4.84. The smallest absolute Gasteiger partial charge is 0.310 e. The summed E-state index contributed by atoms with van der Waals surface area (Å²) in [7, 11) is 0. The Hall–Kier alpha value is -2.11. The second-order valence-corrected chi connectivity index (χ2v) is 4.84. The molecule has 0 fully saturated rings. The zero-order chi connectivity index (χ0) is 13.9. The van der Waals surface area contributed by atoms with Crippen LogP contribution in [0.1, 0.15) is 26.3 Å². The van der Waals surface area contributed by atoms with Crippen molar-refractivity contribution in [3.05, 3.63) is 33.9 Å². The third-order valence-corrected chi connectivity index (χ3v) is 2.01. The Morgan fingerprint density at radius 2 is 2.06 bits per heavy atom. The summed E-state index contributed by atoms with van der Waals surface area (Å²) in [6.45, 7) is 5.22. The van der Waals surface area contributed by atoms with Gasteiger partial charge in [0.15, 0.2) is 5.75 Å². The van der Waals surface area contributed by atoms with E-state index >= 15 is 0 Å². The van der Waals surface area contributed by atoms with Gasteiger partial charge >= 0.3 is 11.7 Å². The molecule has 1 aromatic carbocycles. The summed E-state index contributed by atoms with van der Waals surface area (Å²) in [5, 5.41) is 19.9. The minimum Gasteiger partial charge on any atom is -0.502 e. The molecule has 0 aliphatic carbocycles. The Balaban J connectivity index is 2.83. The van der Waals surface area contributed by atoms with Crippen LogP contribution in [0.4, 0.5) is 5.69 Å². The van der Waals surface area contributed by atoms with E-state index in [9.17, 15) is 20.0 Å². The lowest BCUT2D eigenvalue weighted by Crippen LogP contribution is -2.24. The predicted octanol–water partition coefficient (Wildman–Crippen LogP) is 2.18. The monoisotopic (exact) mass is 253 g/mol. The van der Waals surface area contributed by atoms with Gasteiger partial charge in [-0.3, -0.25) is 14.9 Å². The molecule has 0 aromatic heterocycles. The Morgan fingerprint density at radius 1 is 1.44 bits per heavy atom. The molecule has 1 rings (SSSR count). The molecule has 0 spiro atoms. The van der Waals surface area contributed by atoms with E-state index in [2.05, 4.69) is 0 Å². The second kappa shape index (κ2) is 5.03. The van der Waals surface area contributed by atoms with Crippen LogP contribution in [-0.4, -0.2) is 21.6 Å². The van der Waals surface area contributed by atoms with Crippen molar-refractivity contribution in [1.29, 1.82) is 0 Å². The average Bonchev–Trinajstić information content (AvgIpc) is 2.17. The summed E-state index contributed by atoms with van der Waals surface area (Å²) >= 11 is 0. The highest BCUT2D eigenvalue weighted by molar-refractivity contribution is 5.73. The van der Waals surface area contributed by atoms with Gasteiger partial charge in [0.05, 0.1) is 11.3 Å². The topological polar surface area (TPSA) is 89.7 Å². The van der Waals surface area contributed by atoms with Crippen molar-refractivity contribution < 1.29 is 19.6 Å². The first-order chi connectivity index (χ1) is 8.19. The van der Waals surface area contributed by atoms with Crippen LogP contribution in [0.15, 0.2) is 18.2 Å². The number of rotatable bonds is 3. The van der Waals surface area contributed by atoms with Gasteiger partial charge in [-0.1, -0.05) is 6.07 Å². The Bertz CT molecular complexity index is 476. The Labute approximate surface area is 104 Å². The van der Waals surface area contributed by atoms with E-state index in [-0.39, 0.29) is 6.42 Å². The van der Waals surface area contributed by atoms with Crippen LogP contribution in [0.3, 0.4) is 0 Å². The SMILES string of the molecule is CC(C)(C)OC(=O)Cc1ccc(O)c([N+](=O)[O-])c1. The maximum absolute atomic E-state index is 11.5. The van der Waals surface area contributed by atoms with Crippen molar-refractivity contribution in [2.24, 2.45) is 0 Å². The van der Waals surface area contributed by atoms with Crippen LogP contribution in [0.2, 0.25) is 0 Å². The summed E-state index contributed by atoms with van der Waals surface area (Å²) < 4.78 is 5.10. The van der Waals surface area contributed by atoms with Gasteiger partial charge < -0.3 is 9.84 Å². The standard InChI is InChI=1S/C12H15NO5/c1-12(2,3)18-11(15)7-8-4-5-10(14)9(6-8)13(16)17/h4-6,14H,7H2,1-3H3. The molecule has 6 heteroatoms. The molecule has 0 amide bonds. The molecule has 0 aliphatic rings. The zero-order valence-electron chi connectivity index (χ0n) is 10.5. The number of phenols is 1. The van der Waals surface area contributed by atoms with E-state index in [0.29, 0.717) is 5.56 Å². The van der Waals surface area contributed by atoms with Crippen LogP contribution in [0.5, 0.6) is 5.75 Å². The molecular weight excluding hydrogens is 238 g/mol. The fourth-order valence-electron chi connectivity index (χ4n) is 1.37. The summed E-state index contributed by atoms with van der Waals surface area (Å²) in [6, 6.07) is 3.81. The number of hydrogen-bond donors (Lipinski definition) is 1. The predicted molar refractivity (Wildman–Crippen MR) is 64.3 cm³/mol. The number of esters is 1. The maximum atomic E-state index is 11.5. The molecule has 0 saturated carbocycles. The first-order valence-corrected chi connectivity index (χ1v) is 5.37. The highest BCUT2D eigenvalue weighted by Gasteiger charge is 2.19. The molecular formula is C12H15NO5. The van der Waals surface area contributed by atoms with Crippen molar-refractivity contribution in [1.82, 2.24) is 0 Å². The number of ether oxygens (including phenoxy) is 1. The molecule has 0 radical (unpaired) electrons.